The molecular formula is C32H29Cl3N2O3. The SMILES string of the molecule is CN1CCC(Oc2ccc(-c3cccc(NC(=O)c4ccccc4Cl)c3)cc2)CC1.O=C(Cl)c1ccccc1Cl. The molecule has 1 saturated heterocycles. The number of rotatable bonds is 6. The van der Waals surface area contributed by atoms with Crippen LogP contribution in [0.2, 0.25) is 10.0 Å². The van der Waals surface area contributed by atoms with Crippen LogP contribution < -0.4 is 10.1 Å². The Morgan fingerprint density at radius 1 is 0.775 bits per heavy atom. The second-order valence-corrected chi connectivity index (χ2v) is 10.6. The fourth-order valence-corrected chi connectivity index (χ4v) is 4.92. The summed E-state index contributed by atoms with van der Waals surface area (Å²) >= 11 is 16.9. The Balaban J connectivity index is 0.000000312. The molecule has 0 unspecified atom stereocenters. The molecule has 1 fully saturated rings. The fraction of sp³-hybridized carbons (Fsp3) is 0.188. The molecule has 0 aliphatic carbocycles. The third kappa shape index (κ3) is 8.33. The van der Waals surface area contributed by atoms with E-state index in [9.17, 15) is 9.59 Å². The van der Waals surface area contributed by atoms with E-state index in [0.29, 0.717) is 21.2 Å². The molecule has 0 spiro atoms. The number of carbonyl (C=O) groups is 2. The summed E-state index contributed by atoms with van der Waals surface area (Å²) in [5.74, 6) is 0.677. The monoisotopic (exact) mass is 594 g/mol. The minimum Gasteiger partial charge on any atom is -0.490 e. The van der Waals surface area contributed by atoms with Gasteiger partial charge in [0.1, 0.15) is 11.9 Å². The lowest BCUT2D eigenvalue weighted by Gasteiger charge is -2.29. The van der Waals surface area contributed by atoms with E-state index in [1.165, 1.54) is 0 Å². The van der Waals surface area contributed by atoms with E-state index in [-0.39, 0.29) is 12.0 Å². The number of hydrogen-bond acceptors (Lipinski definition) is 4. The van der Waals surface area contributed by atoms with Crippen LogP contribution in [0.25, 0.3) is 11.1 Å². The molecule has 4 aromatic rings. The van der Waals surface area contributed by atoms with E-state index in [4.69, 9.17) is 39.5 Å². The first-order chi connectivity index (χ1) is 19.3. The number of hydrogen-bond donors (Lipinski definition) is 1. The predicted molar refractivity (Wildman–Crippen MR) is 164 cm³/mol. The van der Waals surface area contributed by atoms with E-state index in [1.54, 1.807) is 48.5 Å². The third-order valence-electron chi connectivity index (χ3n) is 6.48. The van der Waals surface area contributed by atoms with Crippen molar-refractivity contribution >= 4 is 51.6 Å². The molecule has 0 radical (unpaired) electrons. The van der Waals surface area contributed by atoms with Gasteiger partial charge in [-0.05, 0) is 91.1 Å². The van der Waals surface area contributed by atoms with Crippen LogP contribution in [-0.4, -0.2) is 42.3 Å². The number of amides is 1. The van der Waals surface area contributed by atoms with Crippen molar-refractivity contribution in [1.82, 2.24) is 4.90 Å². The van der Waals surface area contributed by atoms with Gasteiger partial charge >= 0.3 is 0 Å². The highest BCUT2D eigenvalue weighted by Gasteiger charge is 2.18. The van der Waals surface area contributed by atoms with Crippen molar-refractivity contribution in [3.8, 4) is 16.9 Å². The van der Waals surface area contributed by atoms with Crippen LogP contribution in [0, 0.1) is 0 Å². The first-order valence-electron chi connectivity index (χ1n) is 12.9. The zero-order valence-corrected chi connectivity index (χ0v) is 24.2. The molecule has 1 heterocycles. The first kappa shape index (κ1) is 29.6. The van der Waals surface area contributed by atoms with E-state index < -0.39 is 5.24 Å². The molecule has 1 aliphatic heterocycles. The van der Waals surface area contributed by atoms with Gasteiger partial charge in [-0.3, -0.25) is 9.59 Å². The Morgan fingerprint density at radius 3 is 1.95 bits per heavy atom. The number of anilines is 1. The molecule has 0 aromatic heterocycles. The molecule has 0 bridgehead atoms. The fourth-order valence-electron chi connectivity index (χ4n) is 4.26. The van der Waals surface area contributed by atoms with Crippen LogP contribution in [0.5, 0.6) is 5.75 Å². The Morgan fingerprint density at radius 2 is 1.38 bits per heavy atom. The van der Waals surface area contributed by atoms with Crippen molar-refractivity contribution in [2.45, 2.75) is 18.9 Å². The van der Waals surface area contributed by atoms with Gasteiger partial charge in [0.25, 0.3) is 11.1 Å². The Labute approximate surface area is 249 Å². The first-order valence-corrected chi connectivity index (χ1v) is 14.0. The number of likely N-dealkylation sites (tertiary alicyclic amines) is 1. The number of piperidine rings is 1. The van der Waals surface area contributed by atoms with Gasteiger partial charge in [-0.2, -0.15) is 0 Å². The van der Waals surface area contributed by atoms with Gasteiger partial charge in [0.2, 0.25) is 0 Å². The van der Waals surface area contributed by atoms with Crippen LogP contribution in [0.4, 0.5) is 5.69 Å². The second kappa shape index (κ2) is 14.3. The standard InChI is InChI=1S/C25H25ClN2O2.C7H4Cl2O/c1-28-15-13-22(14-16-28)30-21-11-9-18(10-12-21)19-5-4-6-20(17-19)27-25(29)23-7-2-3-8-24(23)26;8-6-4-2-1-3-5(6)7(9)10/h2-12,17,22H,13-16H2,1H3,(H,27,29);1-4H. The normalized spacial score (nSPS) is 13.6. The minimum absolute atomic E-state index is 0.223. The average molecular weight is 596 g/mol. The summed E-state index contributed by atoms with van der Waals surface area (Å²) in [6.07, 6.45) is 2.41. The van der Waals surface area contributed by atoms with Crippen molar-refractivity contribution in [3.63, 3.8) is 0 Å². The zero-order chi connectivity index (χ0) is 28.5. The maximum absolute atomic E-state index is 12.5. The molecule has 0 atom stereocenters. The van der Waals surface area contributed by atoms with Crippen molar-refractivity contribution in [2.75, 3.05) is 25.5 Å². The lowest BCUT2D eigenvalue weighted by Crippen LogP contribution is -2.35. The summed E-state index contributed by atoms with van der Waals surface area (Å²) in [6.45, 7) is 2.16. The lowest BCUT2D eigenvalue weighted by molar-refractivity contribution is 0.102. The summed E-state index contributed by atoms with van der Waals surface area (Å²) in [7, 11) is 2.15. The van der Waals surface area contributed by atoms with Gasteiger partial charge in [-0.25, -0.2) is 0 Å². The maximum atomic E-state index is 12.5. The van der Waals surface area contributed by atoms with E-state index in [1.807, 2.05) is 36.4 Å². The molecule has 1 aliphatic rings. The quantitative estimate of drug-likeness (QED) is 0.227. The van der Waals surface area contributed by atoms with Gasteiger partial charge in [0, 0.05) is 18.8 Å². The van der Waals surface area contributed by atoms with Gasteiger partial charge < -0.3 is 15.0 Å². The highest BCUT2D eigenvalue weighted by Crippen LogP contribution is 2.27. The number of carbonyl (C=O) groups excluding carboxylic acids is 2. The molecule has 0 saturated carbocycles. The van der Waals surface area contributed by atoms with Crippen molar-refractivity contribution in [3.05, 3.63) is 118 Å². The Kier molecular flexibility index (Phi) is 10.6. The number of halogens is 3. The molecule has 8 heteroatoms. The van der Waals surface area contributed by atoms with Crippen molar-refractivity contribution < 1.29 is 14.3 Å². The molecular weight excluding hydrogens is 567 g/mol. The summed E-state index contributed by atoms with van der Waals surface area (Å²) in [4.78, 5) is 25.4. The summed E-state index contributed by atoms with van der Waals surface area (Å²) < 4.78 is 6.13. The minimum atomic E-state index is -0.523. The number of nitrogens with one attached hydrogen (secondary N) is 1. The molecule has 5 rings (SSSR count). The Bertz CT molecular complexity index is 1450. The van der Waals surface area contributed by atoms with E-state index in [0.717, 1.165) is 48.5 Å². The van der Waals surface area contributed by atoms with Crippen molar-refractivity contribution in [1.29, 1.82) is 0 Å². The molecule has 5 nitrogen and oxygen atoms in total. The lowest BCUT2D eigenvalue weighted by atomic mass is 10.0. The third-order valence-corrected chi connectivity index (χ3v) is 7.34. The number of ether oxygens (including phenoxy) is 1. The largest absolute Gasteiger partial charge is 0.490 e. The second-order valence-electron chi connectivity index (χ2n) is 9.41. The van der Waals surface area contributed by atoms with Gasteiger partial charge in [0.05, 0.1) is 21.2 Å². The highest BCUT2D eigenvalue weighted by molar-refractivity contribution is 6.68. The smallest absolute Gasteiger partial charge is 0.257 e. The Hall–Kier alpha value is -3.35. The topological polar surface area (TPSA) is 58.6 Å². The molecule has 1 N–H and O–H groups in total. The molecule has 1 amide bonds. The molecule has 40 heavy (non-hydrogen) atoms. The number of benzene rings is 4. The summed E-state index contributed by atoms with van der Waals surface area (Å²) in [5, 5.41) is 3.23. The summed E-state index contributed by atoms with van der Waals surface area (Å²) in [5.41, 5.74) is 3.63. The van der Waals surface area contributed by atoms with Crippen LogP contribution in [-0.2, 0) is 0 Å². The average Bonchev–Trinajstić information content (AvgIpc) is 2.95. The van der Waals surface area contributed by atoms with Gasteiger partial charge in [0.15, 0.2) is 0 Å². The van der Waals surface area contributed by atoms with Crippen LogP contribution in [0.15, 0.2) is 97.1 Å². The molecule has 4 aromatic carbocycles. The van der Waals surface area contributed by atoms with E-state index in [2.05, 4.69) is 29.4 Å². The zero-order valence-electron chi connectivity index (χ0n) is 21.9. The molecule has 206 valence electrons. The van der Waals surface area contributed by atoms with Crippen LogP contribution >= 0.6 is 34.8 Å². The number of nitrogens with zero attached hydrogens (tertiary/aromatic N) is 1. The van der Waals surface area contributed by atoms with Crippen LogP contribution in [0.1, 0.15) is 33.6 Å². The van der Waals surface area contributed by atoms with Crippen molar-refractivity contribution in [2.24, 2.45) is 0 Å². The van der Waals surface area contributed by atoms with E-state index >= 15 is 0 Å². The summed E-state index contributed by atoms with van der Waals surface area (Å²) in [6, 6.07) is 29.6. The maximum Gasteiger partial charge on any atom is 0.257 e. The van der Waals surface area contributed by atoms with Crippen LogP contribution in [0.3, 0.4) is 0 Å². The highest BCUT2D eigenvalue weighted by atomic mass is 35.5. The van der Waals surface area contributed by atoms with Gasteiger partial charge in [-0.1, -0.05) is 71.7 Å². The predicted octanol–water partition coefficient (Wildman–Crippen LogP) is 8.45. The van der Waals surface area contributed by atoms with Gasteiger partial charge in [-0.15, -0.1) is 0 Å².